The van der Waals surface area contributed by atoms with Crippen LogP contribution in [-0.4, -0.2) is 154 Å². The van der Waals surface area contributed by atoms with E-state index in [2.05, 4.69) is 37.2 Å². The first-order chi connectivity index (χ1) is 24.4. The molecular formula is C29H48N10O13. The highest BCUT2D eigenvalue weighted by molar-refractivity contribution is 5.96. The van der Waals surface area contributed by atoms with Gasteiger partial charge >= 0.3 is 0 Å². The van der Waals surface area contributed by atoms with E-state index in [1.165, 1.54) is 0 Å². The second-order valence-corrected chi connectivity index (χ2v) is 11.6. The smallest absolute Gasteiger partial charge is 0.243 e. The Kier molecular flexibility index (Phi) is 19.8. The molecule has 292 valence electrons. The van der Waals surface area contributed by atoms with Crippen molar-refractivity contribution in [2.75, 3.05) is 45.8 Å². The number of carbonyl (C=O) groups is 10. The zero-order valence-electron chi connectivity index (χ0n) is 29.2. The first kappa shape index (κ1) is 44.6. The van der Waals surface area contributed by atoms with Crippen LogP contribution in [0.15, 0.2) is 0 Å². The number of hydrogen-bond donors (Lipinski definition) is 10. The lowest BCUT2D eigenvalue weighted by atomic mass is 10.1. The molecule has 1 heterocycles. The lowest BCUT2D eigenvalue weighted by molar-refractivity contribution is -0.163. The molecule has 0 saturated carbocycles. The molecule has 1 saturated heterocycles. The summed E-state index contributed by atoms with van der Waals surface area (Å²) in [5.74, 6) is -8.14. The number of hydrogen-bond acceptors (Lipinski definition) is 13. The van der Waals surface area contributed by atoms with Crippen LogP contribution in [0.1, 0.15) is 59.3 Å². The number of amides is 10. The van der Waals surface area contributed by atoms with Gasteiger partial charge in [0.2, 0.25) is 59.1 Å². The number of nitrogens with zero attached hydrogens (tertiary/aromatic N) is 3. The van der Waals surface area contributed by atoms with Crippen molar-refractivity contribution in [3.05, 3.63) is 0 Å². The summed E-state index contributed by atoms with van der Waals surface area (Å²) in [6.07, 6.45) is -0.709. The van der Waals surface area contributed by atoms with Gasteiger partial charge in [0.25, 0.3) is 0 Å². The van der Waals surface area contributed by atoms with Crippen molar-refractivity contribution >= 4 is 59.1 Å². The van der Waals surface area contributed by atoms with E-state index in [1.807, 2.05) is 0 Å². The van der Waals surface area contributed by atoms with Gasteiger partial charge in [-0.25, -0.2) is 15.2 Å². The van der Waals surface area contributed by atoms with Crippen LogP contribution in [0.2, 0.25) is 0 Å². The minimum absolute atomic E-state index is 0.0288. The minimum atomic E-state index is -1.46. The maximum absolute atomic E-state index is 13.6. The van der Waals surface area contributed by atoms with Gasteiger partial charge < -0.3 is 37.2 Å². The normalized spacial score (nSPS) is 20.0. The topological polar surface area (TPSA) is 325 Å². The molecule has 0 aliphatic carbocycles. The summed E-state index contributed by atoms with van der Waals surface area (Å²) >= 11 is 0. The van der Waals surface area contributed by atoms with E-state index in [4.69, 9.17) is 0 Å². The van der Waals surface area contributed by atoms with E-state index in [0.717, 1.165) is 20.8 Å². The van der Waals surface area contributed by atoms with Crippen LogP contribution in [0.4, 0.5) is 0 Å². The number of nitrogens with one attached hydrogen (secondary N) is 7. The second-order valence-electron chi connectivity index (χ2n) is 11.6. The van der Waals surface area contributed by atoms with E-state index < -0.39 is 103 Å². The molecule has 23 heteroatoms. The van der Waals surface area contributed by atoms with Gasteiger partial charge in [-0.05, 0) is 38.5 Å². The fourth-order valence-corrected chi connectivity index (χ4v) is 4.42. The van der Waals surface area contributed by atoms with E-state index in [1.54, 1.807) is 0 Å². The summed E-state index contributed by atoms with van der Waals surface area (Å²) in [7, 11) is 0. The van der Waals surface area contributed by atoms with Gasteiger partial charge in [-0.15, -0.1) is 0 Å². The van der Waals surface area contributed by atoms with Crippen molar-refractivity contribution in [2.45, 2.75) is 77.4 Å². The van der Waals surface area contributed by atoms with Gasteiger partial charge in [0.05, 0.1) is 26.2 Å². The standard InChI is InChI=1S/C29H48N10O13/c1-17(40)37(50)10-4-7-20-27(47)33-15-25(45)31-13-23(43)30-14-24(44)32-16-26(46)34-21(8-5-11-38(51)18(2)41)28(48)36-22(29(49)35-20)9-6-12-39(52)19(3)42/h20-22,50-52H,4-16H2,1-3H3,(H,30,43)(H,31,45)(H,32,44)(H,33,47)(H,34,46)(H,35,49)(H,36,48). The quantitative estimate of drug-likeness (QED) is 0.0662. The molecule has 0 aromatic heterocycles. The molecular weight excluding hydrogens is 696 g/mol. The predicted octanol–water partition coefficient (Wildman–Crippen LogP) is -5.03. The molecule has 1 aliphatic heterocycles. The maximum Gasteiger partial charge on any atom is 0.243 e. The third kappa shape index (κ3) is 18.0. The van der Waals surface area contributed by atoms with Crippen LogP contribution in [0, 0.1) is 0 Å². The highest BCUT2D eigenvalue weighted by atomic mass is 16.5. The highest BCUT2D eigenvalue weighted by Gasteiger charge is 2.30. The zero-order valence-corrected chi connectivity index (χ0v) is 29.2. The molecule has 1 aliphatic rings. The van der Waals surface area contributed by atoms with Crippen LogP contribution in [0.3, 0.4) is 0 Å². The van der Waals surface area contributed by atoms with E-state index in [9.17, 15) is 63.6 Å². The Morgan fingerprint density at radius 2 is 0.769 bits per heavy atom. The van der Waals surface area contributed by atoms with E-state index in [0.29, 0.717) is 15.2 Å². The van der Waals surface area contributed by atoms with Crippen LogP contribution in [0.5, 0.6) is 0 Å². The molecule has 1 fully saturated rings. The average Bonchev–Trinajstić information content (AvgIpc) is 3.08. The minimum Gasteiger partial charge on any atom is -0.346 e. The fourth-order valence-electron chi connectivity index (χ4n) is 4.42. The molecule has 52 heavy (non-hydrogen) atoms. The number of hydroxylamine groups is 6. The van der Waals surface area contributed by atoms with Gasteiger partial charge in [-0.3, -0.25) is 63.6 Å². The third-order valence-electron chi connectivity index (χ3n) is 7.36. The first-order valence-electron chi connectivity index (χ1n) is 16.3. The Morgan fingerprint density at radius 3 is 1.12 bits per heavy atom. The number of rotatable bonds is 12. The zero-order chi connectivity index (χ0) is 39.4. The van der Waals surface area contributed by atoms with E-state index >= 15 is 0 Å². The van der Waals surface area contributed by atoms with Crippen molar-refractivity contribution in [3.63, 3.8) is 0 Å². The Morgan fingerprint density at radius 1 is 0.481 bits per heavy atom. The molecule has 10 N–H and O–H groups in total. The third-order valence-corrected chi connectivity index (χ3v) is 7.36. The molecule has 0 bridgehead atoms. The number of carbonyl (C=O) groups excluding carboxylic acids is 10. The molecule has 0 spiro atoms. The largest absolute Gasteiger partial charge is 0.346 e. The van der Waals surface area contributed by atoms with Gasteiger partial charge in [0, 0.05) is 40.4 Å². The van der Waals surface area contributed by atoms with Gasteiger partial charge in [0.15, 0.2) is 0 Å². The predicted molar refractivity (Wildman–Crippen MR) is 173 cm³/mol. The van der Waals surface area contributed by atoms with Crippen LogP contribution in [-0.2, 0) is 47.9 Å². The monoisotopic (exact) mass is 744 g/mol. The summed E-state index contributed by atoms with van der Waals surface area (Å²) in [5.41, 5.74) is 0. The average molecular weight is 745 g/mol. The molecule has 3 atom stereocenters. The molecule has 23 nitrogen and oxygen atoms in total. The summed E-state index contributed by atoms with van der Waals surface area (Å²) in [4.78, 5) is 124. The van der Waals surface area contributed by atoms with Crippen LogP contribution in [0.25, 0.3) is 0 Å². The molecule has 10 amide bonds. The SMILES string of the molecule is CC(=O)N(O)CCCC1NC(=O)CNC(=O)CNC(=O)CNC(=O)CNC(=O)C(CCCN(O)C(C)=O)NC(=O)C(CCCN(O)C(C)=O)NC1=O. The summed E-state index contributed by atoms with van der Waals surface area (Å²) in [5, 5.41) is 46.7. The Hall–Kier alpha value is -5.42. The van der Waals surface area contributed by atoms with Crippen molar-refractivity contribution in [3.8, 4) is 0 Å². The molecule has 1 rings (SSSR count). The van der Waals surface area contributed by atoms with Crippen molar-refractivity contribution in [2.24, 2.45) is 0 Å². The summed E-state index contributed by atoms with van der Waals surface area (Å²) < 4.78 is 0. The van der Waals surface area contributed by atoms with Gasteiger partial charge in [0.1, 0.15) is 18.1 Å². The van der Waals surface area contributed by atoms with E-state index in [-0.39, 0.29) is 58.2 Å². The first-order valence-corrected chi connectivity index (χ1v) is 16.3. The van der Waals surface area contributed by atoms with Crippen molar-refractivity contribution in [1.82, 2.24) is 52.4 Å². The van der Waals surface area contributed by atoms with Crippen LogP contribution < -0.4 is 37.2 Å². The molecule has 0 aromatic carbocycles. The summed E-state index contributed by atoms with van der Waals surface area (Å²) in [6.45, 7) is 0.0580. The Bertz CT molecular complexity index is 1310. The summed E-state index contributed by atoms with van der Waals surface area (Å²) in [6, 6.07) is -4.27. The molecule has 0 aromatic rings. The van der Waals surface area contributed by atoms with Gasteiger partial charge in [-0.1, -0.05) is 0 Å². The Labute approximate surface area is 298 Å². The van der Waals surface area contributed by atoms with Crippen LogP contribution >= 0.6 is 0 Å². The molecule has 0 radical (unpaired) electrons. The lowest BCUT2D eigenvalue weighted by Crippen LogP contribution is -2.57. The fraction of sp³-hybridized carbons (Fsp3) is 0.655. The maximum atomic E-state index is 13.6. The second kappa shape index (κ2) is 23.1. The van der Waals surface area contributed by atoms with Crippen molar-refractivity contribution < 1.29 is 63.6 Å². The Balaban J connectivity index is 3.43. The van der Waals surface area contributed by atoms with Gasteiger partial charge in [-0.2, -0.15) is 0 Å². The van der Waals surface area contributed by atoms with Crippen molar-refractivity contribution in [1.29, 1.82) is 0 Å². The lowest BCUT2D eigenvalue weighted by Gasteiger charge is -2.26. The molecule has 3 unspecified atom stereocenters. The highest BCUT2D eigenvalue weighted by Crippen LogP contribution is 2.07.